The number of aryl methyl sites for hydroxylation is 1. The number of rotatable bonds is 6. The van der Waals surface area contributed by atoms with Gasteiger partial charge in [0.25, 0.3) is 0 Å². The minimum Gasteiger partial charge on any atom is -0.465 e. The van der Waals surface area contributed by atoms with E-state index in [9.17, 15) is 5.11 Å². The number of nitrogens with zero attached hydrogens (tertiary/aromatic N) is 2. The lowest BCUT2D eigenvalue weighted by Crippen LogP contribution is -2.53. The molecule has 1 unspecified atom stereocenters. The fraction of sp³-hybridized carbons (Fsp3) is 0.750. The van der Waals surface area contributed by atoms with Gasteiger partial charge in [-0.3, -0.25) is 9.80 Å². The number of aliphatic hydroxyl groups is 1. The van der Waals surface area contributed by atoms with Crippen LogP contribution in [-0.4, -0.2) is 53.7 Å². The zero-order valence-electron chi connectivity index (χ0n) is 13.0. The van der Waals surface area contributed by atoms with Gasteiger partial charge in [0.15, 0.2) is 0 Å². The van der Waals surface area contributed by atoms with Gasteiger partial charge in [-0.15, -0.1) is 0 Å². The zero-order chi connectivity index (χ0) is 14.5. The van der Waals surface area contributed by atoms with Crippen LogP contribution in [0.15, 0.2) is 16.5 Å². The maximum atomic E-state index is 9.29. The molecular formula is C16H28N2O2. The number of hydrogen-bond donors (Lipinski definition) is 1. The molecule has 0 aromatic carbocycles. The molecule has 4 nitrogen and oxygen atoms in total. The van der Waals surface area contributed by atoms with Gasteiger partial charge < -0.3 is 9.52 Å². The largest absolute Gasteiger partial charge is 0.465 e. The van der Waals surface area contributed by atoms with Gasteiger partial charge in [-0.1, -0.05) is 13.8 Å². The number of aliphatic hydroxyl groups excluding tert-OH is 1. The third kappa shape index (κ3) is 4.33. The van der Waals surface area contributed by atoms with Crippen LogP contribution < -0.4 is 0 Å². The quantitative estimate of drug-likeness (QED) is 0.866. The summed E-state index contributed by atoms with van der Waals surface area (Å²) in [7, 11) is 0. The fourth-order valence-electron chi connectivity index (χ4n) is 3.02. The smallest absolute Gasteiger partial charge is 0.118 e. The minimum atomic E-state index is 0.271. The van der Waals surface area contributed by atoms with E-state index in [0.29, 0.717) is 12.0 Å². The Morgan fingerprint density at radius 1 is 1.35 bits per heavy atom. The van der Waals surface area contributed by atoms with Crippen molar-refractivity contribution in [1.29, 1.82) is 0 Å². The molecule has 1 atom stereocenters. The molecule has 4 heteroatoms. The average Bonchev–Trinajstić information content (AvgIpc) is 2.78. The van der Waals surface area contributed by atoms with Crippen LogP contribution in [0.3, 0.4) is 0 Å². The van der Waals surface area contributed by atoms with Crippen molar-refractivity contribution < 1.29 is 9.52 Å². The molecule has 1 aromatic heterocycles. The summed E-state index contributed by atoms with van der Waals surface area (Å²) in [4.78, 5) is 4.97. The van der Waals surface area contributed by atoms with Crippen molar-refractivity contribution in [2.24, 2.45) is 5.92 Å². The Morgan fingerprint density at radius 3 is 2.75 bits per heavy atom. The molecule has 0 radical (unpaired) electrons. The highest BCUT2D eigenvalue weighted by Crippen LogP contribution is 2.18. The Kier molecular flexibility index (Phi) is 5.64. The number of piperazine rings is 1. The van der Waals surface area contributed by atoms with Crippen LogP contribution in [0.1, 0.15) is 31.8 Å². The highest BCUT2D eigenvalue weighted by atomic mass is 16.3. The van der Waals surface area contributed by atoms with E-state index in [4.69, 9.17) is 4.42 Å². The molecule has 1 aromatic rings. The Labute approximate surface area is 122 Å². The van der Waals surface area contributed by atoms with E-state index in [1.165, 1.54) is 0 Å². The van der Waals surface area contributed by atoms with Gasteiger partial charge in [0.2, 0.25) is 0 Å². The summed E-state index contributed by atoms with van der Waals surface area (Å²) in [5.74, 6) is 2.70. The molecule has 0 spiro atoms. The number of hydrogen-bond acceptors (Lipinski definition) is 4. The first kappa shape index (κ1) is 15.5. The summed E-state index contributed by atoms with van der Waals surface area (Å²) in [5.41, 5.74) is 0. The molecule has 114 valence electrons. The first-order chi connectivity index (χ1) is 9.58. The van der Waals surface area contributed by atoms with Crippen LogP contribution in [0.4, 0.5) is 0 Å². The summed E-state index contributed by atoms with van der Waals surface area (Å²) in [6, 6.07) is 4.55. The normalized spacial score (nSPS) is 21.8. The Morgan fingerprint density at radius 2 is 2.15 bits per heavy atom. The van der Waals surface area contributed by atoms with Gasteiger partial charge in [-0.2, -0.15) is 0 Å². The second-order valence-electron chi connectivity index (χ2n) is 6.30. The van der Waals surface area contributed by atoms with Crippen LogP contribution in [0.25, 0.3) is 0 Å². The number of furan rings is 1. The summed E-state index contributed by atoms with van der Waals surface area (Å²) in [5, 5.41) is 9.29. The van der Waals surface area contributed by atoms with Gasteiger partial charge >= 0.3 is 0 Å². The third-order valence-corrected chi connectivity index (χ3v) is 3.93. The van der Waals surface area contributed by atoms with Crippen molar-refractivity contribution in [3.8, 4) is 0 Å². The highest BCUT2D eigenvalue weighted by Gasteiger charge is 2.27. The standard InChI is InChI=1S/C16H28N2O2/c1-13(2)10-18-8-7-17(11-15(18)6-9-19)12-16-5-4-14(3)20-16/h4-5,13,15,19H,6-12H2,1-3H3. The second-order valence-corrected chi connectivity index (χ2v) is 6.30. The lowest BCUT2D eigenvalue weighted by Gasteiger charge is -2.42. The van der Waals surface area contributed by atoms with Crippen LogP contribution in [-0.2, 0) is 6.54 Å². The van der Waals surface area contributed by atoms with Crippen LogP contribution in [0.2, 0.25) is 0 Å². The summed E-state index contributed by atoms with van der Waals surface area (Å²) >= 11 is 0. The maximum Gasteiger partial charge on any atom is 0.118 e. The molecule has 1 N–H and O–H groups in total. The average molecular weight is 280 g/mol. The minimum absolute atomic E-state index is 0.271. The molecule has 0 aliphatic carbocycles. The van der Waals surface area contributed by atoms with Crippen molar-refractivity contribution in [3.05, 3.63) is 23.7 Å². The molecule has 20 heavy (non-hydrogen) atoms. The van der Waals surface area contributed by atoms with Gasteiger partial charge in [0.05, 0.1) is 6.54 Å². The monoisotopic (exact) mass is 280 g/mol. The van der Waals surface area contributed by atoms with Gasteiger partial charge in [-0.25, -0.2) is 0 Å². The summed E-state index contributed by atoms with van der Waals surface area (Å²) in [6.45, 7) is 12.0. The molecular weight excluding hydrogens is 252 g/mol. The molecule has 2 rings (SSSR count). The SMILES string of the molecule is Cc1ccc(CN2CCN(CC(C)C)C(CCO)C2)o1. The predicted molar refractivity (Wildman–Crippen MR) is 80.6 cm³/mol. The van der Waals surface area contributed by atoms with E-state index >= 15 is 0 Å². The molecule has 0 bridgehead atoms. The van der Waals surface area contributed by atoms with Gasteiger partial charge in [-0.05, 0) is 31.4 Å². The maximum absolute atomic E-state index is 9.29. The first-order valence-electron chi connectivity index (χ1n) is 7.71. The first-order valence-corrected chi connectivity index (χ1v) is 7.71. The topological polar surface area (TPSA) is 39.9 Å². The lowest BCUT2D eigenvalue weighted by atomic mass is 10.1. The van der Waals surface area contributed by atoms with Gasteiger partial charge in [0, 0.05) is 38.8 Å². The van der Waals surface area contributed by atoms with E-state index in [-0.39, 0.29) is 6.61 Å². The molecule has 0 saturated carbocycles. The van der Waals surface area contributed by atoms with Crippen LogP contribution in [0.5, 0.6) is 0 Å². The van der Waals surface area contributed by atoms with Crippen molar-refractivity contribution in [2.45, 2.75) is 39.8 Å². The van der Waals surface area contributed by atoms with Crippen LogP contribution >= 0.6 is 0 Å². The highest BCUT2D eigenvalue weighted by molar-refractivity contribution is 5.05. The Balaban J connectivity index is 1.91. The van der Waals surface area contributed by atoms with Crippen molar-refractivity contribution in [3.63, 3.8) is 0 Å². The van der Waals surface area contributed by atoms with Crippen LogP contribution in [0, 0.1) is 12.8 Å². The van der Waals surface area contributed by atoms with E-state index in [1.807, 2.05) is 13.0 Å². The van der Waals surface area contributed by atoms with E-state index in [0.717, 1.165) is 50.7 Å². The van der Waals surface area contributed by atoms with E-state index in [1.54, 1.807) is 0 Å². The fourth-order valence-corrected chi connectivity index (χ4v) is 3.02. The zero-order valence-corrected chi connectivity index (χ0v) is 13.0. The molecule has 0 amide bonds. The van der Waals surface area contributed by atoms with E-state index < -0.39 is 0 Å². The van der Waals surface area contributed by atoms with E-state index in [2.05, 4.69) is 29.7 Å². The lowest BCUT2D eigenvalue weighted by molar-refractivity contribution is 0.0446. The molecule has 1 saturated heterocycles. The van der Waals surface area contributed by atoms with Crippen molar-refractivity contribution in [1.82, 2.24) is 9.80 Å². The molecule has 2 heterocycles. The summed E-state index contributed by atoms with van der Waals surface area (Å²) in [6.07, 6.45) is 0.862. The predicted octanol–water partition coefficient (Wildman–Crippen LogP) is 2.11. The molecule has 1 aliphatic rings. The molecule has 1 aliphatic heterocycles. The molecule has 1 fully saturated rings. The van der Waals surface area contributed by atoms with Gasteiger partial charge in [0.1, 0.15) is 11.5 Å². The Bertz CT molecular complexity index is 403. The third-order valence-electron chi connectivity index (χ3n) is 3.93. The van der Waals surface area contributed by atoms with Crippen molar-refractivity contribution >= 4 is 0 Å². The second kappa shape index (κ2) is 7.25. The summed E-state index contributed by atoms with van der Waals surface area (Å²) < 4.78 is 5.67. The Hall–Kier alpha value is -0.840. The van der Waals surface area contributed by atoms with Crippen molar-refractivity contribution in [2.75, 3.05) is 32.8 Å².